The van der Waals surface area contributed by atoms with E-state index in [0.717, 1.165) is 18.9 Å². The summed E-state index contributed by atoms with van der Waals surface area (Å²) >= 11 is 5.67. The fraction of sp³-hybridized carbons (Fsp3) is 0.588. The van der Waals surface area contributed by atoms with Crippen LogP contribution in [0.2, 0.25) is 5.02 Å². The van der Waals surface area contributed by atoms with Crippen LogP contribution >= 0.6 is 11.6 Å². The largest absolute Gasteiger partial charge is 0.417 e. The maximum absolute atomic E-state index is 13.0. The highest BCUT2D eigenvalue weighted by molar-refractivity contribution is 6.31. The van der Waals surface area contributed by atoms with E-state index >= 15 is 0 Å². The molecule has 0 N–H and O–H groups in total. The van der Waals surface area contributed by atoms with Crippen LogP contribution in [-0.4, -0.2) is 50.2 Å². The van der Waals surface area contributed by atoms with Crippen molar-refractivity contribution in [2.45, 2.75) is 19.0 Å². The topological polar surface area (TPSA) is 32.8 Å². The quantitative estimate of drug-likeness (QED) is 0.792. The first-order valence-electron chi connectivity index (χ1n) is 8.34. The minimum Gasteiger partial charge on any atom is -0.381 e. The molecule has 2 aliphatic rings. The molecule has 2 saturated heterocycles. The van der Waals surface area contributed by atoms with Gasteiger partial charge in [-0.15, -0.1) is 0 Å². The first-order valence-corrected chi connectivity index (χ1v) is 8.72. The average Bonchev–Trinajstić information content (AvgIpc) is 2.61. The lowest BCUT2D eigenvalue weighted by atomic mass is 9.98. The number of ether oxygens (including phenoxy) is 1. The molecule has 1 aromatic carbocycles. The second-order valence-electron chi connectivity index (χ2n) is 6.36. The molecule has 0 saturated carbocycles. The lowest BCUT2D eigenvalue weighted by Gasteiger charge is -2.38. The normalized spacial score (nSPS) is 20.0. The molecule has 0 atom stereocenters. The Labute approximate surface area is 149 Å². The van der Waals surface area contributed by atoms with Gasteiger partial charge in [-0.2, -0.15) is 13.2 Å². The van der Waals surface area contributed by atoms with Crippen LogP contribution in [0.3, 0.4) is 0 Å². The smallest absolute Gasteiger partial charge is 0.381 e. The summed E-state index contributed by atoms with van der Waals surface area (Å²) in [6.45, 7) is 3.27. The maximum Gasteiger partial charge on any atom is 0.417 e. The number of amides is 1. The summed E-state index contributed by atoms with van der Waals surface area (Å²) in [4.78, 5) is 16.2. The minimum atomic E-state index is -4.48. The van der Waals surface area contributed by atoms with E-state index in [4.69, 9.17) is 16.3 Å². The van der Waals surface area contributed by atoms with E-state index in [2.05, 4.69) is 0 Å². The van der Waals surface area contributed by atoms with Crippen molar-refractivity contribution in [1.29, 1.82) is 0 Å². The van der Waals surface area contributed by atoms with Crippen molar-refractivity contribution in [3.63, 3.8) is 0 Å². The minimum absolute atomic E-state index is 0.00710. The van der Waals surface area contributed by atoms with Gasteiger partial charge < -0.3 is 14.5 Å². The number of hydrogen-bond donors (Lipinski definition) is 0. The Balaban J connectivity index is 1.63. The predicted octanol–water partition coefficient (Wildman–Crippen LogP) is 3.43. The fourth-order valence-electron chi connectivity index (χ4n) is 3.31. The molecule has 138 valence electrons. The molecular weight excluding hydrogens is 357 g/mol. The summed E-state index contributed by atoms with van der Waals surface area (Å²) in [7, 11) is 0. The highest BCUT2D eigenvalue weighted by Gasteiger charge is 2.34. The molecule has 1 amide bonds. The zero-order valence-electron chi connectivity index (χ0n) is 13.7. The van der Waals surface area contributed by atoms with Crippen LogP contribution in [0.1, 0.15) is 18.4 Å². The van der Waals surface area contributed by atoms with Crippen molar-refractivity contribution in [3.05, 3.63) is 28.8 Å². The molecule has 2 aliphatic heterocycles. The zero-order chi connectivity index (χ0) is 18.0. The molecule has 0 aromatic heterocycles. The first kappa shape index (κ1) is 18.3. The number of hydrogen-bond acceptors (Lipinski definition) is 3. The molecule has 8 heteroatoms. The third-order valence-electron chi connectivity index (χ3n) is 4.78. The van der Waals surface area contributed by atoms with E-state index in [-0.39, 0.29) is 16.8 Å². The van der Waals surface area contributed by atoms with Gasteiger partial charge in [-0.3, -0.25) is 4.79 Å². The molecular formula is C17H20ClF3N2O2. The molecule has 2 fully saturated rings. The van der Waals surface area contributed by atoms with E-state index in [1.807, 2.05) is 9.80 Å². The summed E-state index contributed by atoms with van der Waals surface area (Å²) in [6, 6.07) is 3.95. The summed E-state index contributed by atoms with van der Waals surface area (Å²) in [5, 5.41) is -0.301. The molecule has 0 unspecified atom stereocenters. The van der Waals surface area contributed by atoms with Gasteiger partial charge in [0.1, 0.15) is 0 Å². The van der Waals surface area contributed by atoms with Gasteiger partial charge >= 0.3 is 6.18 Å². The fourth-order valence-corrected chi connectivity index (χ4v) is 3.54. The number of halogens is 4. The summed E-state index contributed by atoms with van der Waals surface area (Å²) in [6.07, 6.45) is -3.00. The first-order chi connectivity index (χ1) is 11.9. The highest BCUT2D eigenvalue weighted by atomic mass is 35.5. The summed E-state index contributed by atoms with van der Waals surface area (Å²) in [5.74, 6) is 0.141. The molecule has 0 aliphatic carbocycles. The second-order valence-corrected chi connectivity index (χ2v) is 6.77. The Morgan fingerprint density at radius 1 is 1.12 bits per heavy atom. The Morgan fingerprint density at radius 3 is 2.36 bits per heavy atom. The van der Waals surface area contributed by atoms with Crippen LogP contribution in [0, 0.1) is 5.92 Å². The molecule has 3 rings (SSSR count). The van der Waals surface area contributed by atoms with Gasteiger partial charge in [0.25, 0.3) is 0 Å². The van der Waals surface area contributed by atoms with Crippen molar-refractivity contribution in [2.75, 3.05) is 44.3 Å². The number of benzene rings is 1. The van der Waals surface area contributed by atoms with E-state index in [0.29, 0.717) is 45.1 Å². The van der Waals surface area contributed by atoms with E-state index in [1.54, 1.807) is 6.07 Å². The molecule has 25 heavy (non-hydrogen) atoms. The number of anilines is 1. The van der Waals surface area contributed by atoms with Gasteiger partial charge in [-0.05, 0) is 31.0 Å². The third kappa shape index (κ3) is 4.20. The van der Waals surface area contributed by atoms with Gasteiger partial charge in [0, 0.05) is 51.0 Å². The van der Waals surface area contributed by atoms with Crippen LogP contribution in [0.15, 0.2) is 18.2 Å². The molecule has 4 nitrogen and oxygen atoms in total. The van der Waals surface area contributed by atoms with Gasteiger partial charge in [0.05, 0.1) is 10.6 Å². The number of nitrogens with zero attached hydrogens (tertiary/aromatic N) is 2. The van der Waals surface area contributed by atoms with E-state index in [1.165, 1.54) is 6.07 Å². The molecule has 0 spiro atoms. The van der Waals surface area contributed by atoms with Gasteiger partial charge in [-0.1, -0.05) is 11.6 Å². The summed E-state index contributed by atoms with van der Waals surface area (Å²) in [5.41, 5.74) is -0.345. The van der Waals surface area contributed by atoms with Gasteiger partial charge in [-0.25, -0.2) is 0 Å². The van der Waals surface area contributed by atoms with Crippen molar-refractivity contribution >= 4 is 23.2 Å². The van der Waals surface area contributed by atoms with Gasteiger partial charge in [0.15, 0.2) is 0 Å². The standard InChI is InChI=1S/C17H20ClF3N2O2/c18-15-2-1-13(11-14(15)17(19,20)21)22-5-7-23(8-6-22)16(24)12-3-9-25-10-4-12/h1-2,11-12H,3-10H2. The number of piperazine rings is 1. The van der Waals surface area contributed by atoms with Crippen molar-refractivity contribution in [2.24, 2.45) is 5.92 Å². The lowest BCUT2D eigenvalue weighted by molar-refractivity contribution is -0.139. The number of carbonyl (C=O) groups excluding carboxylic acids is 1. The second kappa shape index (κ2) is 7.41. The van der Waals surface area contributed by atoms with Crippen LogP contribution in [0.4, 0.5) is 18.9 Å². The Morgan fingerprint density at radius 2 is 1.76 bits per heavy atom. The average molecular weight is 377 g/mol. The molecule has 0 radical (unpaired) electrons. The predicted molar refractivity (Wildman–Crippen MR) is 88.8 cm³/mol. The highest BCUT2D eigenvalue weighted by Crippen LogP contribution is 2.37. The maximum atomic E-state index is 13.0. The van der Waals surface area contributed by atoms with Crippen LogP contribution in [0.25, 0.3) is 0 Å². The summed E-state index contributed by atoms with van der Waals surface area (Å²) < 4.78 is 44.3. The Bertz CT molecular complexity index is 625. The molecule has 2 heterocycles. The van der Waals surface area contributed by atoms with Crippen LogP contribution in [0.5, 0.6) is 0 Å². The molecule has 1 aromatic rings. The van der Waals surface area contributed by atoms with E-state index in [9.17, 15) is 18.0 Å². The van der Waals surface area contributed by atoms with E-state index < -0.39 is 11.7 Å². The van der Waals surface area contributed by atoms with Crippen molar-refractivity contribution in [3.8, 4) is 0 Å². The third-order valence-corrected chi connectivity index (χ3v) is 5.11. The molecule has 0 bridgehead atoms. The Kier molecular flexibility index (Phi) is 5.43. The Hall–Kier alpha value is -1.47. The zero-order valence-corrected chi connectivity index (χ0v) is 14.4. The van der Waals surface area contributed by atoms with Crippen molar-refractivity contribution < 1.29 is 22.7 Å². The van der Waals surface area contributed by atoms with Crippen LogP contribution < -0.4 is 4.90 Å². The number of carbonyl (C=O) groups is 1. The van der Waals surface area contributed by atoms with Gasteiger partial charge in [0.2, 0.25) is 5.91 Å². The number of rotatable bonds is 2. The number of alkyl halides is 3. The van der Waals surface area contributed by atoms with Crippen molar-refractivity contribution in [1.82, 2.24) is 4.90 Å². The van der Waals surface area contributed by atoms with Crippen LogP contribution in [-0.2, 0) is 15.7 Å². The lowest BCUT2D eigenvalue weighted by Crippen LogP contribution is -2.51. The monoisotopic (exact) mass is 376 g/mol. The SMILES string of the molecule is O=C(C1CCOCC1)N1CCN(c2ccc(Cl)c(C(F)(F)F)c2)CC1.